The van der Waals surface area contributed by atoms with E-state index in [1.54, 1.807) is 4.90 Å². The summed E-state index contributed by atoms with van der Waals surface area (Å²) < 4.78 is 5.52. The van der Waals surface area contributed by atoms with Crippen LogP contribution in [-0.2, 0) is 11.3 Å². The topological polar surface area (TPSA) is 69.9 Å². The molecule has 0 spiro atoms. The highest BCUT2D eigenvalue weighted by molar-refractivity contribution is 8.00. The summed E-state index contributed by atoms with van der Waals surface area (Å²) in [6.07, 6.45) is 1.40. The Hall–Kier alpha value is -2.32. The highest BCUT2D eigenvalue weighted by Gasteiger charge is 2.28. The predicted molar refractivity (Wildman–Crippen MR) is 103 cm³/mol. The zero-order valence-corrected chi connectivity index (χ0v) is 16.1. The third-order valence-corrected chi connectivity index (χ3v) is 6.03. The molecule has 1 saturated heterocycles. The normalized spacial score (nSPS) is 17.9. The Morgan fingerprint density at radius 2 is 2.00 bits per heavy atom. The first kappa shape index (κ1) is 18.1. The van der Waals surface area contributed by atoms with E-state index in [4.69, 9.17) is 4.42 Å². The van der Waals surface area contributed by atoms with Gasteiger partial charge in [-0.1, -0.05) is 19.1 Å². The number of nitrogens with zero attached hydrogens (tertiary/aromatic N) is 4. The number of hydrogen-bond donors (Lipinski definition) is 0. The fourth-order valence-corrected chi connectivity index (χ4v) is 4.31. The molecular formula is C19H22N4O3S. The molecular weight excluding hydrogens is 364 g/mol. The molecule has 3 heterocycles. The molecule has 1 aromatic heterocycles. The van der Waals surface area contributed by atoms with E-state index in [1.165, 1.54) is 18.0 Å². The van der Waals surface area contributed by atoms with Gasteiger partial charge in [-0.2, -0.15) is 0 Å². The number of fused-ring (bicyclic) bond motifs is 1. The van der Waals surface area contributed by atoms with E-state index >= 15 is 0 Å². The molecule has 0 N–H and O–H groups in total. The lowest BCUT2D eigenvalue weighted by Gasteiger charge is -2.33. The van der Waals surface area contributed by atoms with Crippen LogP contribution >= 0.6 is 11.8 Å². The minimum Gasteiger partial charge on any atom is -0.446 e. The van der Waals surface area contributed by atoms with Crippen LogP contribution in [0.25, 0.3) is 0 Å². The van der Waals surface area contributed by atoms with E-state index in [0.29, 0.717) is 30.4 Å². The number of aromatic nitrogens is 1. The van der Waals surface area contributed by atoms with Crippen molar-refractivity contribution in [3.63, 3.8) is 0 Å². The molecule has 0 radical (unpaired) electrons. The zero-order valence-electron chi connectivity index (χ0n) is 15.3. The summed E-state index contributed by atoms with van der Waals surface area (Å²) in [5.41, 5.74) is 1.17. The monoisotopic (exact) mass is 386 g/mol. The van der Waals surface area contributed by atoms with Gasteiger partial charge in [0.15, 0.2) is 5.69 Å². The molecule has 0 saturated carbocycles. The van der Waals surface area contributed by atoms with Crippen LogP contribution in [-0.4, -0.2) is 65.1 Å². The van der Waals surface area contributed by atoms with Crippen LogP contribution in [0.4, 0.5) is 5.69 Å². The molecule has 2 aromatic rings. The lowest BCUT2D eigenvalue weighted by molar-refractivity contribution is -0.116. The van der Waals surface area contributed by atoms with Gasteiger partial charge in [0.05, 0.1) is 11.4 Å². The first-order chi connectivity index (χ1) is 13.2. The minimum absolute atomic E-state index is 0.0143. The second-order valence-corrected chi connectivity index (χ2v) is 7.61. The largest absolute Gasteiger partial charge is 0.446 e. The number of hydrogen-bond acceptors (Lipinski definition) is 6. The number of likely N-dealkylation sites (N-methyl/N-ethyl adjacent to an activating group) is 1. The van der Waals surface area contributed by atoms with Gasteiger partial charge >= 0.3 is 0 Å². The van der Waals surface area contributed by atoms with Crippen molar-refractivity contribution in [1.82, 2.24) is 14.8 Å². The van der Waals surface area contributed by atoms with E-state index in [9.17, 15) is 9.59 Å². The van der Waals surface area contributed by atoms with Crippen LogP contribution in [0.15, 0.2) is 39.8 Å². The van der Waals surface area contributed by atoms with E-state index in [0.717, 1.165) is 30.2 Å². The van der Waals surface area contributed by atoms with Crippen molar-refractivity contribution in [2.24, 2.45) is 0 Å². The number of carbonyl (C=O) groups excluding carboxylic acids is 2. The maximum atomic E-state index is 12.7. The van der Waals surface area contributed by atoms with Crippen molar-refractivity contribution in [2.75, 3.05) is 43.4 Å². The molecule has 0 bridgehead atoms. The average Bonchev–Trinajstić information content (AvgIpc) is 3.18. The number of anilines is 1. The van der Waals surface area contributed by atoms with Gasteiger partial charge < -0.3 is 19.1 Å². The lowest BCUT2D eigenvalue weighted by Crippen LogP contribution is -2.48. The van der Waals surface area contributed by atoms with Crippen molar-refractivity contribution in [3.8, 4) is 0 Å². The number of piperazine rings is 1. The Bertz CT molecular complexity index is 845. The average molecular weight is 386 g/mol. The van der Waals surface area contributed by atoms with Crippen molar-refractivity contribution in [3.05, 3.63) is 42.1 Å². The molecule has 27 heavy (non-hydrogen) atoms. The van der Waals surface area contributed by atoms with Crippen LogP contribution in [0, 0.1) is 0 Å². The Morgan fingerprint density at radius 1 is 1.22 bits per heavy atom. The predicted octanol–water partition coefficient (Wildman–Crippen LogP) is 2.09. The van der Waals surface area contributed by atoms with Gasteiger partial charge in [-0.3, -0.25) is 9.59 Å². The van der Waals surface area contributed by atoms with Gasteiger partial charge in [-0.15, -0.1) is 11.8 Å². The number of oxazole rings is 1. The molecule has 7 nitrogen and oxygen atoms in total. The highest BCUT2D eigenvalue weighted by atomic mass is 32.2. The van der Waals surface area contributed by atoms with Crippen molar-refractivity contribution in [2.45, 2.75) is 18.4 Å². The Labute approximate surface area is 162 Å². The highest BCUT2D eigenvalue weighted by Crippen LogP contribution is 2.35. The van der Waals surface area contributed by atoms with Gasteiger partial charge in [0.2, 0.25) is 11.8 Å². The third-order valence-electron chi connectivity index (χ3n) is 4.98. The van der Waals surface area contributed by atoms with Crippen molar-refractivity contribution in [1.29, 1.82) is 0 Å². The Balaban J connectivity index is 1.46. The number of thioether (sulfide) groups is 1. The van der Waals surface area contributed by atoms with E-state index in [2.05, 4.69) is 16.8 Å². The minimum atomic E-state index is -0.110. The molecule has 2 amide bonds. The number of rotatable bonds is 4. The summed E-state index contributed by atoms with van der Waals surface area (Å²) in [5.74, 6) is 0.674. The number of para-hydroxylation sites is 1. The number of amides is 2. The van der Waals surface area contributed by atoms with E-state index < -0.39 is 0 Å². The van der Waals surface area contributed by atoms with Gasteiger partial charge in [0.1, 0.15) is 12.8 Å². The van der Waals surface area contributed by atoms with Crippen LogP contribution in [0.5, 0.6) is 0 Å². The van der Waals surface area contributed by atoms with Crippen LogP contribution in [0.2, 0.25) is 0 Å². The fourth-order valence-electron chi connectivity index (χ4n) is 3.37. The zero-order chi connectivity index (χ0) is 18.8. The summed E-state index contributed by atoms with van der Waals surface area (Å²) in [4.78, 5) is 36.2. The maximum absolute atomic E-state index is 12.7. The standard InChI is InChI=1S/C19H22N4O3S/c1-2-21-7-9-22(10-8-21)19(25)14-12-26-17(20-14)11-23-15-5-3-4-6-16(15)27-13-18(23)24/h3-6,12H,2,7-11,13H2,1H3. The Kier molecular flexibility index (Phi) is 5.18. The number of carbonyl (C=O) groups is 2. The molecule has 2 aliphatic heterocycles. The van der Waals surface area contributed by atoms with Gasteiger partial charge in [-0.25, -0.2) is 4.98 Å². The summed E-state index contributed by atoms with van der Waals surface area (Å²) in [6.45, 7) is 6.51. The van der Waals surface area contributed by atoms with E-state index in [-0.39, 0.29) is 18.4 Å². The molecule has 2 aliphatic rings. The summed E-state index contributed by atoms with van der Waals surface area (Å²) in [5, 5.41) is 0. The van der Waals surface area contributed by atoms with Crippen LogP contribution in [0.3, 0.4) is 0 Å². The van der Waals surface area contributed by atoms with Crippen molar-refractivity contribution < 1.29 is 14.0 Å². The summed E-state index contributed by atoms with van der Waals surface area (Å²) in [6, 6.07) is 7.78. The van der Waals surface area contributed by atoms with Crippen LogP contribution in [0.1, 0.15) is 23.3 Å². The van der Waals surface area contributed by atoms with Gasteiger partial charge in [0.25, 0.3) is 5.91 Å². The van der Waals surface area contributed by atoms with Gasteiger partial charge in [0, 0.05) is 31.1 Å². The smallest absolute Gasteiger partial charge is 0.275 e. The summed E-state index contributed by atoms with van der Waals surface area (Å²) in [7, 11) is 0. The molecule has 1 aromatic carbocycles. The van der Waals surface area contributed by atoms with Crippen LogP contribution < -0.4 is 4.90 Å². The lowest BCUT2D eigenvalue weighted by atomic mass is 10.2. The molecule has 0 aliphatic carbocycles. The SMILES string of the molecule is CCN1CCN(C(=O)c2coc(CN3C(=O)CSc4ccccc43)n2)CC1. The fraction of sp³-hybridized carbons (Fsp3) is 0.421. The Morgan fingerprint density at radius 3 is 2.78 bits per heavy atom. The molecule has 142 valence electrons. The number of benzene rings is 1. The second kappa shape index (κ2) is 7.74. The molecule has 0 unspecified atom stereocenters. The van der Waals surface area contributed by atoms with Gasteiger partial charge in [-0.05, 0) is 18.7 Å². The molecule has 1 fully saturated rings. The molecule has 0 atom stereocenters. The third kappa shape index (κ3) is 3.72. The maximum Gasteiger partial charge on any atom is 0.275 e. The molecule has 4 rings (SSSR count). The van der Waals surface area contributed by atoms with E-state index in [1.807, 2.05) is 29.2 Å². The summed E-state index contributed by atoms with van der Waals surface area (Å²) >= 11 is 1.53. The first-order valence-corrected chi connectivity index (χ1v) is 10.1. The first-order valence-electron chi connectivity index (χ1n) is 9.14. The van der Waals surface area contributed by atoms with Crippen molar-refractivity contribution >= 4 is 29.3 Å². The molecule has 8 heteroatoms. The second-order valence-electron chi connectivity index (χ2n) is 6.59. The quantitative estimate of drug-likeness (QED) is 0.801.